The predicted molar refractivity (Wildman–Crippen MR) is 272 cm³/mol. The first-order chi connectivity index (χ1) is 28.7. The van der Waals surface area contributed by atoms with Crippen molar-refractivity contribution in [2.24, 2.45) is 16.5 Å². The molecule has 11 nitrogen and oxygen atoms in total. The average molecular weight is 938 g/mol. The molecule has 0 saturated heterocycles. The Hall–Kier alpha value is -3.90. The van der Waals surface area contributed by atoms with Gasteiger partial charge in [0.25, 0.3) is 0 Å². The van der Waals surface area contributed by atoms with E-state index in [-0.39, 0.29) is 32.0 Å². The van der Waals surface area contributed by atoms with Crippen LogP contribution in [-0.2, 0) is 42.6 Å². The van der Waals surface area contributed by atoms with E-state index < -0.39 is 37.8 Å². The van der Waals surface area contributed by atoms with E-state index >= 15 is 0 Å². The van der Waals surface area contributed by atoms with E-state index in [9.17, 15) is 13.2 Å². The lowest BCUT2D eigenvalue weighted by Gasteiger charge is -2.33. The van der Waals surface area contributed by atoms with Crippen LogP contribution in [0.1, 0.15) is 119 Å². The molecule has 0 amide bonds. The first-order valence-electron chi connectivity index (χ1n) is 20.2. The lowest BCUT2D eigenvalue weighted by atomic mass is 9.90. The van der Waals surface area contributed by atoms with Crippen LogP contribution in [0.2, 0.25) is 0 Å². The Labute approximate surface area is 391 Å². The third kappa shape index (κ3) is 17.5. The van der Waals surface area contributed by atoms with Gasteiger partial charge in [-0.1, -0.05) is 51.3 Å². The molecule has 346 valence electrons. The first-order valence-corrected chi connectivity index (χ1v) is 24.3. The molecule has 5 rings (SSSR count). The highest BCUT2D eigenvalue weighted by Gasteiger charge is 2.37. The first kappa shape index (κ1) is 57.1. The Kier molecular flexibility index (Phi) is 23.7. The monoisotopic (exact) mass is 937 g/mol. The third-order valence-electron chi connectivity index (χ3n) is 9.55. The summed E-state index contributed by atoms with van der Waals surface area (Å²) in [4.78, 5) is 25.8. The van der Waals surface area contributed by atoms with Crippen molar-refractivity contribution in [1.82, 2.24) is 9.44 Å². The number of aliphatic imine (C=N–C) groups is 1. The molecule has 2 aromatic carbocycles. The van der Waals surface area contributed by atoms with Gasteiger partial charge < -0.3 is 16.2 Å². The van der Waals surface area contributed by atoms with E-state index in [1.807, 2.05) is 102 Å². The van der Waals surface area contributed by atoms with Gasteiger partial charge >= 0.3 is 5.97 Å². The number of benzene rings is 2. The quantitative estimate of drug-likeness (QED) is 0.0728. The minimum atomic E-state index is -1.36. The van der Waals surface area contributed by atoms with Gasteiger partial charge in [-0.05, 0) is 151 Å². The van der Waals surface area contributed by atoms with Gasteiger partial charge in [0, 0.05) is 28.4 Å². The number of esters is 1. The maximum absolute atomic E-state index is 13.0. The van der Waals surface area contributed by atoms with Crippen LogP contribution in [0.5, 0.6) is 0 Å². The molecule has 63 heavy (non-hydrogen) atoms. The number of rotatable bonds is 14. The lowest BCUT2D eigenvalue weighted by Crippen LogP contribution is -2.47. The summed E-state index contributed by atoms with van der Waals surface area (Å²) in [6, 6.07) is 19.2. The molecule has 0 radical (unpaired) electrons. The summed E-state index contributed by atoms with van der Waals surface area (Å²) in [7, 11) is -1.20. The molecule has 3 heterocycles. The summed E-state index contributed by atoms with van der Waals surface area (Å²) in [5, 5.41) is 4.11. The third-order valence-corrected chi connectivity index (χ3v) is 15.4. The van der Waals surface area contributed by atoms with Crippen LogP contribution < -0.4 is 20.9 Å². The number of nitrogens with one attached hydrogen (secondary N) is 2. The number of ether oxygens (including phenoxy) is 1. The predicted octanol–water partition coefficient (Wildman–Crippen LogP) is 11.6. The molecular weight excluding hydrogens is 867 g/mol. The molecule has 2 aromatic heterocycles. The molecule has 0 fully saturated rings. The highest BCUT2D eigenvalue weighted by Crippen LogP contribution is 2.39. The van der Waals surface area contributed by atoms with Gasteiger partial charge in [0.1, 0.15) is 0 Å². The number of hydrogen-bond acceptors (Lipinski definition) is 9. The largest absolute Gasteiger partial charge is 0.469 e. The normalized spacial score (nSPS) is 15.2. The van der Waals surface area contributed by atoms with Crippen LogP contribution >= 0.6 is 22.7 Å². The van der Waals surface area contributed by atoms with Gasteiger partial charge in [-0.15, -0.1) is 22.7 Å². The van der Waals surface area contributed by atoms with Crippen molar-refractivity contribution in [2.45, 2.75) is 129 Å². The molecule has 0 bridgehead atoms. The Morgan fingerprint density at radius 1 is 0.746 bits per heavy atom. The van der Waals surface area contributed by atoms with Crippen molar-refractivity contribution >= 4 is 67.7 Å². The fourth-order valence-electron chi connectivity index (χ4n) is 5.91. The maximum Gasteiger partial charge on any atom is 0.307 e. The van der Waals surface area contributed by atoms with E-state index in [0.717, 1.165) is 77.3 Å². The number of methoxy groups -OCH3 is 1. The maximum atomic E-state index is 13.0. The van der Waals surface area contributed by atoms with Crippen molar-refractivity contribution in [2.75, 3.05) is 26.7 Å². The number of hydrogen-bond donors (Lipinski definition) is 4. The van der Waals surface area contributed by atoms with Gasteiger partial charge in [-0.25, -0.2) is 27.6 Å². The minimum Gasteiger partial charge on any atom is -0.469 e. The standard InChI is InChI=1S/C23H29N3OS2.C20H24N2O3S2.C3H10N2.2CH4/c1-22(2,3)29(27)26-23(4,15-20-10-6-7-12-25-20)21-14-18(16-28-21)17-9-8-11-19(13-17)24-5;1-19(2,3)27(24)22-20(4,12-18(23)25-6)17-11-15(13-26-17)14-8-7-9-16(10-14)21-5;4-2-1-3-5;;/h8-9,11,13-14,16,26H,6-7,10,12,15H2,1-4H3;7-11,13,22H,12H2,1-4,6H3;1-5H2;2*1H4/t23-,29?;20-,27?;;;/m00.../s1. The Balaban J connectivity index is 0.000000554. The molecule has 1 aliphatic heterocycles. The molecule has 2 unspecified atom stereocenters. The fourth-order valence-corrected chi connectivity index (χ4v) is 9.91. The highest BCUT2D eigenvalue weighted by atomic mass is 32.2. The smallest absolute Gasteiger partial charge is 0.307 e. The van der Waals surface area contributed by atoms with Crippen LogP contribution in [0.3, 0.4) is 0 Å². The van der Waals surface area contributed by atoms with E-state index in [0.29, 0.717) is 11.4 Å². The van der Waals surface area contributed by atoms with Gasteiger partial charge in [-0.3, -0.25) is 9.79 Å². The minimum absolute atomic E-state index is 0. The number of carbonyl (C=O) groups is 1. The zero-order chi connectivity index (χ0) is 45.4. The Morgan fingerprint density at radius 3 is 1.59 bits per heavy atom. The van der Waals surface area contributed by atoms with E-state index in [1.165, 1.54) is 30.6 Å². The summed E-state index contributed by atoms with van der Waals surface area (Å²) < 4.78 is 36.3. The Bertz CT molecular complexity index is 2220. The number of thiophene rings is 2. The number of nitrogens with two attached hydrogens (primary N) is 2. The summed E-state index contributed by atoms with van der Waals surface area (Å²) >= 11 is 3.16. The second-order valence-corrected chi connectivity index (χ2v) is 22.9. The second-order valence-electron chi connectivity index (χ2n) is 17.1. The highest BCUT2D eigenvalue weighted by molar-refractivity contribution is 7.84. The lowest BCUT2D eigenvalue weighted by molar-refractivity contribution is -0.142. The molecule has 4 aromatic rings. The Morgan fingerprint density at radius 2 is 1.21 bits per heavy atom. The SMILES string of the molecule is C.C.NCCCN.[C-]#[N+]c1cccc(-c2csc([C@](C)(CC(=O)OC)NS(=O)C(C)(C)C)c2)c1.[C-]#[N+]c1cccc(-c2csc([C@](C)(CC3=NCCCC3)NS(=O)C(C)(C)C)c2)c1. The van der Waals surface area contributed by atoms with Gasteiger partial charge in [0.15, 0.2) is 11.4 Å². The summed E-state index contributed by atoms with van der Waals surface area (Å²) in [5.41, 5.74) is 15.3. The molecule has 0 aliphatic carbocycles. The molecule has 1 aliphatic rings. The topological polar surface area (TPSA) is 158 Å². The van der Waals surface area contributed by atoms with Crippen molar-refractivity contribution in [3.8, 4) is 22.3 Å². The fraction of sp³-hybridized carbons (Fsp3) is 0.500. The molecule has 15 heteroatoms. The van der Waals surface area contributed by atoms with Gasteiger partial charge in [-0.2, -0.15) is 0 Å². The van der Waals surface area contributed by atoms with Crippen molar-refractivity contribution < 1.29 is 17.9 Å². The van der Waals surface area contributed by atoms with Crippen LogP contribution in [0, 0.1) is 13.1 Å². The zero-order valence-electron chi connectivity index (χ0n) is 37.1. The second kappa shape index (κ2) is 26.2. The van der Waals surface area contributed by atoms with Crippen LogP contribution in [0.15, 0.2) is 76.4 Å². The summed E-state index contributed by atoms with van der Waals surface area (Å²) in [5.74, 6) is -0.374. The number of nitrogens with zero attached hydrogens (tertiary/aromatic N) is 3. The van der Waals surface area contributed by atoms with E-state index in [4.69, 9.17) is 34.3 Å². The molecule has 0 spiro atoms. The van der Waals surface area contributed by atoms with Crippen molar-refractivity contribution in [1.29, 1.82) is 0 Å². The van der Waals surface area contributed by atoms with E-state index in [2.05, 4.69) is 37.5 Å². The van der Waals surface area contributed by atoms with Crippen LogP contribution in [-0.4, -0.2) is 56.3 Å². The number of carbonyl (C=O) groups excluding carboxylic acids is 1. The van der Waals surface area contributed by atoms with Crippen LogP contribution in [0.4, 0.5) is 11.4 Å². The van der Waals surface area contributed by atoms with Gasteiger partial charge in [0.2, 0.25) is 0 Å². The van der Waals surface area contributed by atoms with E-state index in [1.54, 1.807) is 17.4 Å². The summed E-state index contributed by atoms with van der Waals surface area (Å²) in [6.45, 7) is 32.4. The molecule has 6 N–H and O–H groups in total. The van der Waals surface area contributed by atoms with Crippen molar-refractivity contribution in [3.05, 3.63) is 104 Å². The van der Waals surface area contributed by atoms with Crippen molar-refractivity contribution in [3.63, 3.8) is 0 Å². The van der Waals surface area contributed by atoms with Gasteiger partial charge in [0.05, 0.1) is 69.2 Å². The zero-order valence-corrected chi connectivity index (χ0v) is 40.3. The summed E-state index contributed by atoms with van der Waals surface area (Å²) in [6.07, 6.45) is 5.12. The average Bonchev–Trinajstić information content (AvgIpc) is 3.94. The molecule has 0 saturated carbocycles. The molecular formula is C48H71N7O4S4. The molecule has 4 atom stereocenters. The van der Waals surface area contributed by atoms with Crippen LogP contribution in [0.25, 0.3) is 31.9 Å².